The predicted octanol–water partition coefficient (Wildman–Crippen LogP) is 4.47. The van der Waals surface area contributed by atoms with Crippen LogP contribution >= 0.6 is 31.9 Å². The fourth-order valence-electron chi connectivity index (χ4n) is 1.83. The van der Waals surface area contributed by atoms with E-state index < -0.39 is 5.97 Å². The van der Waals surface area contributed by atoms with Crippen molar-refractivity contribution in [3.63, 3.8) is 0 Å². The number of carbonyl (C=O) groups excluding carboxylic acids is 1. The molecule has 0 atom stereocenters. The van der Waals surface area contributed by atoms with Gasteiger partial charge in [-0.1, -0.05) is 15.9 Å². The quantitative estimate of drug-likeness (QED) is 0.781. The molecule has 0 spiro atoms. The molecule has 2 rings (SSSR count). The summed E-state index contributed by atoms with van der Waals surface area (Å²) in [5, 5.41) is 11.7. The number of amides is 1. The van der Waals surface area contributed by atoms with Crippen LogP contribution in [0, 0.1) is 6.92 Å². The Morgan fingerprint density at radius 3 is 2.43 bits per heavy atom. The second kappa shape index (κ2) is 6.41. The molecule has 0 bridgehead atoms. The molecule has 21 heavy (non-hydrogen) atoms. The van der Waals surface area contributed by atoms with Crippen LogP contribution in [-0.2, 0) is 0 Å². The number of rotatable bonds is 3. The highest BCUT2D eigenvalue weighted by Gasteiger charge is 2.13. The lowest BCUT2D eigenvalue weighted by Gasteiger charge is -2.10. The van der Waals surface area contributed by atoms with Gasteiger partial charge in [-0.05, 0) is 64.8 Å². The number of hydrogen-bond acceptors (Lipinski definition) is 2. The number of carboxylic acids is 1. The van der Waals surface area contributed by atoms with Crippen LogP contribution < -0.4 is 5.32 Å². The third-order valence-electron chi connectivity index (χ3n) is 2.89. The molecule has 0 saturated carbocycles. The van der Waals surface area contributed by atoms with E-state index >= 15 is 0 Å². The van der Waals surface area contributed by atoms with E-state index in [1.165, 1.54) is 12.1 Å². The van der Waals surface area contributed by atoms with E-state index in [0.717, 1.165) is 10.0 Å². The molecule has 0 saturated heterocycles. The van der Waals surface area contributed by atoms with Gasteiger partial charge < -0.3 is 10.4 Å². The Hall–Kier alpha value is -1.66. The van der Waals surface area contributed by atoms with Gasteiger partial charge >= 0.3 is 5.97 Å². The number of hydrogen-bond donors (Lipinski definition) is 2. The Morgan fingerprint density at radius 2 is 1.81 bits per heavy atom. The number of nitrogens with one attached hydrogen (secondary N) is 1. The number of anilines is 1. The maximum Gasteiger partial charge on any atom is 0.335 e. The van der Waals surface area contributed by atoms with Gasteiger partial charge in [-0.25, -0.2) is 4.79 Å². The molecule has 2 N–H and O–H groups in total. The first-order chi connectivity index (χ1) is 9.88. The summed E-state index contributed by atoms with van der Waals surface area (Å²) < 4.78 is 1.52. The molecule has 0 aromatic heterocycles. The van der Waals surface area contributed by atoms with Gasteiger partial charge in [-0.2, -0.15) is 0 Å². The molecule has 6 heteroatoms. The van der Waals surface area contributed by atoms with Crippen LogP contribution in [0.5, 0.6) is 0 Å². The van der Waals surface area contributed by atoms with Gasteiger partial charge in [0.15, 0.2) is 0 Å². The lowest BCUT2D eigenvalue weighted by molar-refractivity contribution is 0.0696. The zero-order valence-electron chi connectivity index (χ0n) is 11.0. The molecule has 0 heterocycles. The van der Waals surface area contributed by atoms with Crippen LogP contribution in [0.3, 0.4) is 0 Å². The molecule has 0 radical (unpaired) electrons. The maximum atomic E-state index is 12.3. The minimum Gasteiger partial charge on any atom is -0.478 e. The van der Waals surface area contributed by atoms with Gasteiger partial charge in [0.2, 0.25) is 0 Å². The largest absolute Gasteiger partial charge is 0.478 e. The van der Waals surface area contributed by atoms with Crippen molar-refractivity contribution < 1.29 is 14.7 Å². The van der Waals surface area contributed by atoms with Crippen LogP contribution in [0.15, 0.2) is 45.3 Å². The summed E-state index contributed by atoms with van der Waals surface area (Å²) in [6.45, 7) is 1.84. The van der Waals surface area contributed by atoms with Crippen LogP contribution in [-0.4, -0.2) is 17.0 Å². The summed E-state index contributed by atoms with van der Waals surface area (Å²) in [5.41, 5.74) is 1.89. The maximum absolute atomic E-state index is 12.3. The molecular weight excluding hydrogens is 402 g/mol. The minimum absolute atomic E-state index is 0.112. The Kier molecular flexibility index (Phi) is 4.80. The van der Waals surface area contributed by atoms with Gasteiger partial charge in [0.1, 0.15) is 0 Å². The third kappa shape index (κ3) is 3.71. The number of benzene rings is 2. The molecule has 0 aliphatic carbocycles. The van der Waals surface area contributed by atoms with E-state index in [0.29, 0.717) is 15.7 Å². The Labute approximate surface area is 138 Å². The van der Waals surface area contributed by atoms with Gasteiger partial charge in [0.25, 0.3) is 5.91 Å². The third-order valence-corrected chi connectivity index (χ3v) is 4.08. The summed E-state index contributed by atoms with van der Waals surface area (Å²) in [5.74, 6) is -1.33. The lowest BCUT2D eigenvalue weighted by atomic mass is 10.1. The van der Waals surface area contributed by atoms with Crippen molar-refractivity contribution >= 4 is 49.4 Å². The smallest absolute Gasteiger partial charge is 0.335 e. The van der Waals surface area contributed by atoms with Crippen molar-refractivity contribution in [3.8, 4) is 0 Å². The van der Waals surface area contributed by atoms with E-state index in [9.17, 15) is 9.59 Å². The van der Waals surface area contributed by atoms with Crippen molar-refractivity contribution in [3.05, 3.63) is 62.0 Å². The lowest BCUT2D eigenvalue weighted by Crippen LogP contribution is -2.14. The average molecular weight is 413 g/mol. The summed E-state index contributed by atoms with van der Waals surface area (Å²) in [6, 6.07) is 9.81. The van der Waals surface area contributed by atoms with Crippen molar-refractivity contribution in [1.29, 1.82) is 0 Å². The molecule has 0 unspecified atom stereocenters. The Balaban J connectivity index is 2.31. The molecule has 0 aliphatic rings. The highest BCUT2D eigenvalue weighted by Crippen LogP contribution is 2.25. The van der Waals surface area contributed by atoms with Gasteiger partial charge in [0.05, 0.1) is 11.3 Å². The molecule has 4 nitrogen and oxygen atoms in total. The first-order valence-corrected chi connectivity index (χ1v) is 7.57. The molecule has 0 fully saturated rings. The molecule has 2 aromatic rings. The van der Waals surface area contributed by atoms with Crippen molar-refractivity contribution in [2.75, 3.05) is 5.32 Å². The van der Waals surface area contributed by atoms with E-state index in [1.54, 1.807) is 18.2 Å². The monoisotopic (exact) mass is 411 g/mol. The fourth-order valence-corrected chi connectivity index (χ4v) is 2.65. The SMILES string of the molecule is Cc1cc(Br)ccc1C(=O)Nc1cc(C(=O)O)ccc1Br. The first kappa shape index (κ1) is 15.7. The second-order valence-electron chi connectivity index (χ2n) is 4.41. The molecule has 108 valence electrons. The van der Waals surface area contributed by atoms with Crippen molar-refractivity contribution in [2.45, 2.75) is 6.92 Å². The zero-order valence-corrected chi connectivity index (χ0v) is 14.2. The van der Waals surface area contributed by atoms with Crippen LogP contribution in [0.1, 0.15) is 26.3 Å². The van der Waals surface area contributed by atoms with Crippen LogP contribution in [0.2, 0.25) is 0 Å². The standard InChI is InChI=1S/C15H11Br2NO3/c1-8-6-10(16)3-4-11(8)14(19)18-13-7-9(15(20)21)2-5-12(13)17/h2-7H,1H3,(H,18,19)(H,20,21). The molecule has 1 amide bonds. The fraction of sp³-hybridized carbons (Fsp3) is 0.0667. The number of halogens is 2. The topological polar surface area (TPSA) is 66.4 Å². The van der Waals surface area contributed by atoms with Gasteiger partial charge in [-0.15, -0.1) is 0 Å². The predicted molar refractivity (Wildman–Crippen MR) is 87.9 cm³/mol. The van der Waals surface area contributed by atoms with Crippen LogP contribution in [0.25, 0.3) is 0 Å². The molecular formula is C15H11Br2NO3. The van der Waals surface area contributed by atoms with Gasteiger partial charge in [0, 0.05) is 14.5 Å². The minimum atomic E-state index is -1.04. The Morgan fingerprint density at radius 1 is 1.10 bits per heavy atom. The van der Waals surface area contributed by atoms with E-state index in [-0.39, 0.29) is 11.5 Å². The summed E-state index contributed by atoms with van der Waals surface area (Å²) in [7, 11) is 0. The van der Waals surface area contributed by atoms with Crippen molar-refractivity contribution in [1.82, 2.24) is 0 Å². The average Bonchev–Trinajstić information content (AvgIpc) is 2.40. The van der Waals surface area contributed by atoms with E-state index in [1.807, 2.05) is 13.0 Å². The number of aryl methyl sites for hydroxylation is 1. The van der Waals surface area contributed by atoms with Crippen LogP contribution in [0.4, 0.5) is 5.69 Å². The summed E-state index contributed by atoms with van der Waals surface area (Å²) in [4.78, 5) is 23.3. The normalized spacial score (nSPS) is 10.2. The Bertz CT molecular complexity index is 729. The van der Waals surface area contributed by atoms with Gasteiger partial charge in [-0.3, -0.25) is 4.79 Å². The van der Waals surface area contributed by atoms with E-state index in [2.05, 4.69) is 37.2 Å². The zero-order chi connectivity index (χ0) is 15.6. The second-order valence-corrected chi connectivity index (χ2v) is 6.18. The highest BCUT2D eigenvalue weighted by atomic mass is 79.9. The number of aromatic carboxylic acids is 1. The van der Waals surface area contributed by atoms with Crippen molar-refractivity contribution in [2.24, 2.45) is 0 Å². The first-order valence-electron chi connectivity index (χ1n) is 5.99. The molecule has 2 aromatic carbocycles. The number of carbonyl (C=O) groups is 2. The van der Waals surface area contributed by atoms with E-state index in [4.69, 9.17) is 5.11 Å². The summed E-state index contributed by atoms with van der Waals surface area (Å²) in [6.07, 6.45) is 0. The summed E-state index contributed by atoms with van der Waals surface area (Å²) >= 11 is 6.64. The highest BCUT2D eigenvalue weighted by molar-refractivity contribution is 9.10. The molecule has 0 aliphatic heterocycles. The number of carboxylic acid groups (broad SMARTS) is 1.